The number of Topliss-reactive ketones (excluding diaryl/α,β-unsaturated/α-hetero) is 2. The number of fused-ring (bicyclic) bond motifs is 3. The maximum absolute atomic E-state index is 13.8. The molecule has 2 aliphatic heterocycles. The smallest absolute Gasteiger partial charge is 0.237 e. The van der Waals surface area contributed by atoms with Crippen LogP contribution in [0.3, 0.4) is 0 Å². The van der Waals surface area contributed by atoms with Crippen LogP contribution in [0.25, 0.3) is 0 Å². The minimum atomic E-state index is -2.03. The van der Waals surface area contributed by atoms with Crippen LogP contribution in [0.1, 0.15) is 43.5 Å². The molecule has 168 valence electrons. The van der Waals surface area contributed by atoms with E-state index in [0.717, 1.165) is 11.1 Å². The molecule has 3 atom stereocenters. The summed E-state index contributed by atoms with van der Waals surface area (Å²) in [5.74, 6) is -4.20. The zero-order valence-corrected chi connectivity index (χ0v) is 18.4. The van der Waals surface area contributed by atoms with Gasteiger partial charge in [0.05, 0.1) is 24.5 Å². The number of imide groups is 1. The summed E-state index contributed by atoms with van der Waals surface area (Å²) in [6.45, 7) is 1.99. The van der Waals surface area contributed by atoms with Crippen molar-refractivity contribution in [3.8, 4) is 0 Å². The number of ether oxygens (including phenoxy) is 1. The minimum absolute atomic E-state index is 0.0808. The first-order valence-electron chi connectivity index (χ1n) is 11.3. The van der Waals surface area contributed by atoms with Gasteiger partial charge < -0.3 is 4.74 Å². The van der Waals surface area contributed by atoms with Gasteiger partial charge in [-0.3, -0.25) is 24.1 Å². The van der Waals surface area contributed by atoms with Crippen molar-refractivity contribution in [3.05, 3.63) is 107 Å². The number of rotatable bonds is 3. The largest absolute Gasteiger partial charge is 0.349 e. The predicted octanol–water partition coefficient (Wildman–Crippen LogP) is 3.69. The van der Waals surface area contributed by atoms with E-state index in [-0.39, 0.29) is 17.7 Å². The van der Waals surface area contributed by atoms with E-state index in [1.54, 1.807) is 24.3 Å². The predicted molar refractivity (Wildman–Crippen MR) is 122 cm³/mol. The molecule has 2 heterocycles. The van der Waals surface area contributed by atoms with E-state index >= 15 is 0 Å². The average molecular weight is 451 g/mol. The second kappa shape index (κ2) is 7.30. The van der Waals surface area contributed by atoms with E-state index in [2.05, 4.69) is 0 Å². The second-order valence-corrected chi connectivity index (χ2v) is 9.14. The number of nitrogens with zero attached hydrogens (tertiary/aromatic N) is 1. The minimum Gasteiger partial charge on any atom is -0.349 e. The normalized spacial score (nSPS) is 24.7. The van der Waals surface area contributed by atoms with Crippen LogP contribution in [0.4, 0.5) is 0 Å². The fraction of sp³-hybridized carbons (Fsp3) is 0.214. The molecule has 0 bridgehead atoms. The van der Waals surface area contributed by atoms with Crippen molar-refractivity contribution >= 4 is 23.4 Å². The van der Waals surface area contributed by atoms with Crippen LogP contribution in [0.2, 0.25) is 0 Å². The van der Waals surface area contributed by atoms with Crippen molar-refractivity contribution < 1.29 is 23.9 Å². The maximum Gasteiger partial charge on any atom is 0.237 e. The van der Waals surface area contributed by atoms with Crippen LogP contribution in [0, 0.1) is 18.8 Å². The molecule has 2 amide bonds. The molecule has 3 aromatic carbocycles. The van der Waals surface area contributed by atoms with Gasteiger partial charge in [-0.15, -0.1) is 0 Å². The van der Waals surface area contributed by atoms with Crippen LogP contribution in [0.5, 0.6) is 0 Å². The molecule has 1 spiro atoms. The lowest BCUT2D eigenvalue weighted by Gasteiger charge is -2.27. The van der Waals surface area contributed by atoms with Gasteiger partial charge in [0.25, 0.3) is 0 Å². The Hall–Kier alpha value is -3.90. The van der Waals surface area contributed by atoms with Crippen molar-refractivity contribution in [2.24, 2.45) is 11.8 Å². The number of carbonyl (C=O) groups excluding carboxylic acids is 4. The molecule has 6 rings (SSSR count). The summed E-state index contributed by atoms with van der Waals surface area (Å²) in [7, 11) is 0. The molecule has 0 unspecified atom stereocenters. The van der Waals surface area contributed by atoms with Gasteiger partial charge in [0.2, 0.25) is 29.0 Å². The zero-order valence-electron chi connectivity index (χ0n) is 18.4. The summed E-state index contributed by atoms with van der Waals surface area (Å²) in [5, 5.41) is 0. The van der Waals surface area contributed by atoms with Gasteiger partial charge in [-0.05, 0) is 18.1 Å². The molecule has 6 heteroatoms. The van der Waals surface area contributed by atoms with Gasteiger partial charge >= 0.3 is 0 Å². The fourth-order valence-corrected chi connectivity index (χ4v) is 5.65. The number of benzene rings is 3. The zero-order chi connectivity index (χ0) is 23.6. The summed E-state index contributed by atoms with van der Waals surface area (Å²) in [6.07, 6.45) is -0.885. The number of carbonyl (C=O) groups is 4. The molecule has 3 aromatic rings. The highest BCUT2D eigenvalue weighted by molar-refractivity contribution is 6.35. The molecule has 0 saturated carbocycles. The van der Waals surface area contributed by atoms with Crippen LogP contribution in [-0.4, -0.2) is 33.9 Å². The highest BCUT2D eigenvalue weighted by Crippen LogP contribution is 2.57. The van der Waals surface area contributed by atoms with Crippen molar-refractivity contribution in [3.63, 3.8) is 0 Å². The summed E-state index contributed by atoms with van der Waals surface area (Å²) >= 11 is 0. The highest BCUT2D eigenvalue weighted by Gasteiger charge is 2.74. The van der Waals surface area contributed by atoms with E-state index in [9.17, 15) is 19.2 Å². The maximum atomic E-state index is 13.8. The van der Waals surface area contributed by atoms with Gasteiger partial charge in [0.1, 0.15) is 0 Å². The van der Waals surface area contributed by atoms with Gasteiger partial charge in [0.15, 0.2) is 0 Å². The monoisotopic (exact) mass is 451 g/mol. The number of amides is 2. The Balaban J connectivity index is 1.50. The molecular weight excluding hydrogens is 430 g/mol. The molecule has 3 aliphatic rings. The Kier molecular flexibility index (Phi) is 4.44. The summed E-state index contributed by atoms with van der Waals surface area (Å²) in [4.78, 5) is 56.1. The van der Waals surface area contributed by atoms with Crippen molar-refractivity contribution in [2.75, 3.05) is 0 Å². The van der Waals surface area contributed by atoms with E-state index in [1.807, 2.05) is 61.5 Å². The summed E-state index contributed by atoms with van der Waals surface area (Å²) in [6, 6.07) is 23.1. The van der Waals surface area contributed by atoms with E-state index in [0.29, 0.717) is 5.56 Å². The third-order valence-electron chi connectivity index (χ3n) is 7.16. The molecule has 6 nitrogen and oxygen atoms in total. The third-order valence-corrected chi connectivity index (χ3v) is 7.16. The Morgan fingerprint density at radius 3 is 2.09 bits per heavy atom. The van der Waals surface area contributed by atoms with Crippen molar-refractivity contribution in [1.29, 1.82) is 0 Å². The number of hydrogen-bond acceptors (Lipinski definition) is 5. The quantitative estimate of drug-likeness (QED) is 0.448. The SMILES string of the molecule is Cc1cccc([C@H]2OC3(C(=O)c4ccccc4C3=O)[C@@H]3C(=O)N(Cc4ccccc4)C(=O)[C@H]23)c1. The van der Waals surface area contributed by atoms with Gasteiger partial charge in [-0.25, -0.2) is 0 Å². The first-order chi connectivity index (χ1) is 16.4. The first kappa shape index (κ1) is 20.7. The Morgan fingerprint density at radius 1 is 0.794 bits per heavy atom. The van der Waals surface area contributed by atoms with Gasteiger partial charge in [-0.1, -0.05) is 84.4 Å². The van der Waals surface area contributed by atoms with E-state index in [1.165, 1.54) is 4.90 Å². The topological polar surface area (TPSA) is 80.8 Å². The number of aryl methyl sites for hydroxylation is 1. The first-order valence-corrected chi connectivity index (χ1v) is 11.3. The third kappa shape index (κ3) is 2.66. The fourth-order valence-electron chi connectivity index (χ4n) is 5.65. The summed E-state index contributed by atoms with van der Waals surface area (Å²) in [5.41, 5.74) is 0.852. The van der Waals surface area contributed by atoms with E-state index < -0.39 is 46.9 Å². The van der Waals surface area contributed by atoms with Crippen LogP contribution in [-0.2, 0) is 20.9 Å². The van der Waals surface area contributed by atoms with Crippen LogP contribution in [0.15, 0.2) is 78.9 Å². The van der Waals surface area contributed by atoms with Crippen LogP contribution < -0.4 is 0 Å². The number of likely N-dealkylation sites (tertiary alicyclic amines) is 1. The van der Waals surface area contributed by atoms with Gasteiger partial charge in [0, 0.05) is 11.1 Å². The molecule has 0 aromatic heterocycles. The Labute approximate surface area is 196 Å². The standard InChI is InChI=1S/C28H21NO5/c1-16-8-7-11-18(14-16)23-21-22(27(33)29(26(21)32)15-17-9-3-2-4-10-17)28(34-23)24(30)19-12-5-6-13-20(19)25(28)31/h2-14,21-23H,15H2,1H3/t21-,22-,23+/m0/s1. The molecule has 2 fully saturated rings. The van der Waals surface area contributed by atoms with Gasteiger partial charge in [-0.2, -0.15) is 0 Å². The summed E-state index contributed by atoms with van der Waals surface area (Å²) < 4.78 is 6.30. The second-order valence-electron chi connectivity index (χ2n) is 9.14. The molecule has 2 saturated heterocycles. The molecular formula is C28H21NO5. The lowest BCUT2D eigenvalue weighted by Crippen LogP contribution is -2.50. The Bertz CT molecular complexity index is 1340. The number of hydrogen-bond donors (Lipinski definition) is 0. The lowest BCUT2D eigenvalue weighted by atomic mass is 9.77. The molecule has 1 aliphatic carbocycles. The molecule has 0 N–H and O–H groups in total. The Morgan fingerprint density at radius 2 is 1.44 bits per heavy atom. The molecule has 34 heavy (non-hydrogen) atoms. The highest BCUT2D eigenvalue weighted by atomic mass is 16.5. The lowest BCUT2D eigenvalue weighted by molar-refractivity contribution is -0.145. The number of ketones is 2. The molecule has 0 radical (unpaired) electrons. The van der Waals surface area contributed by atoms with E-state index in [4.69, 9.17) is 4.74 Å². The van der Waals surface area contributed by atoms with Crippen LogP contribution >= 0.6 is 0 Å². The van der Waals surface area contributed by atoms with Crippen molar-refractivity contribution in [1.82, 2.24) is 4.90 Å². The average Bonchev–Trinajstić information content (AvgIpc) is 3.41. The van der Waals surface area contributed by atoms with Crippen molar-refractivity contribution in [2.45, 2.75) is 25.2 Å².